The van der Waals surface area contributed by atoms with Crippen molar-refractivity contribution in [1.29, 1.82) is 0 Å². The number of nitrogens with zero attached hydrogens (tertiary/aromatic N) is 3. The van der Waals surface area contributed by atoms with E-state index in [1.54, 1.807) is 6.20 Å². The van der Waals surface area contributed by atoms with Gasteiger partial charge in [0.15, 0.2) is 0 Å². The number of aromatic nitrogens is 2. The normalized spacial score (nSPS) is 19.6. The average molecular weight is 293 g/mol. The molecule has 1 aliphatic rings. The summed E-state index contributed by atoms with van der Waals surface area (Å²) >= 11 is 0. The lowest BCUT2D eigenvalue weighted by Gasteiger charge is -2.34. The molecule has 2 heterocycles. The number of aliphatic hydroxyl groups excluding tert-OH is 1. The molecule has 6 nitrogen and oxygen atoms in total. The third-order valence-electron chi connectivity index (χ3n) is 4.14. The molecule has 1 aliphatic heterocycles. The first-order valence-corrected chi connectivity index (χ1v) is 7.94. The summed E-state index contributed by atoms with van der Waals surface area (Å²) in [7, 11) is 0. The Morgan fingerprint density at radius 2 is 2.33 bits per heavy atom. The standard InChI is InChI=1S/C15H27N5O/c1-2-12-10-18-15(16)19-14(12)17-7-5-9-20-8-4-3-6-13(20)11-21/h10,13,21H,2-9,11H2,1H3,(H3,16,17,18,19)/t13-/m1/s1. The van der Waals surface area contributed by atoms with E-state index in [-0.39, 0.29) is 6.61 Å². The fourth-order valence-corrected chi connectivity index (χ4v) is 2.88. The molecule has 0 radical (unpaired) electrons. The van der Waals surface area contributed by atoms with Gasteiger partial charge in [0.05, 0.1) is 6.61 Å². The van der Waals surface area contributed by atoms with Crippen LogP contribution in [0.4, 0.5) is 11.8 Å². The van der Waals surface area contributed by atoms with E-state index in [4.69, 9.17) is 5.73 Å². The molecule has 0 amide bonds. The monoisotopic (exact) mass is 293 g/mol. The number of nitrogens with one attached hydrogen (secondary N) is 1. The number of rotatable bonds is 7. The van der Waals surface area contributed by atoms with Gasteiger partial charge in [-0.05, 0) is 32.2 Å². The highest BCUT2D eigenvalue weighted by molar-refractivity contribution is 5.45. The Hall–Kier alpha value is -1.40. The van der Waals surface area contributed by atoms with E-state index < -0.39 is 0 Å². The average Bonchev–Trinajstić information content (AvgIpc) is 2.52. The van der Waals surface area contributed by atoms with Crippen LogP contribution in [0.25, 0.3) is 0 Å². The second-order valence-corrected chi connectivity index (χ2v) is 5.60. The van der Waals surface area contributed by atoms with Gasteiger partial charge in [-0.2, -0.15) is 4.98 Å². The van der Waals surface area contributed by atoms with Crippen LogP contribution >= 0.6 is 0 Å². The van der Waals surface area contributed by atoms with E-state index in [2.05, 4.69) is 27.1 Å². The Balaban J connectivity index is 1.78. The summed E-state index contributed by atoms with van der Waals surface area (Å²) in [6.45, 7) is 5.33. The van der Waals surface area contributed by atoms with Crippen LogP contribution in [0.15, 0.2) is 6.20 Å². The Morgan fingerprint density at radius 1 is 1.48 bits per heavy atom. The first kappa shape index (κ1) is 16.0. The van der Waals surface area contributed by atoms with Gasteiger partial charge in [0.1, 0.15) is 5.82 Å². The predicted octanol–water partition coefficient (Wildman–Crippen LogP) is 1.27. The molecule has 1 atom stereocenters. The molecule has 0 spiro atoms. The lowest BCUT2D eigenvalue weighted by atomic mass is 10.0. The van der Waals surface area contributed by atoms with Crippen molar-refractivity contribution in [3.8, 4) is 0 Å². The van der Waals surface area contributed by atoms with Crippen LogP contribution < -0.4 is 11.1 Å². The van der Waals surface area contributed by atoms with Gasteiger partial charge in [0.25, 0.3) is 0 Å². The number of nitrogen functional groups attached to an aromatic ring is 1. The van der Waals surface area contributed by atoms with Gasteiger partial charge >= 0.3 is 0 Å². The maximum Gasteiger partial charge on any atom is 0.221 e. The Morgan fingerprint density at radius 3 is 3.10 bits per heavy atom. The molecule has 0 unspecified atom stereocenters. The largest absolute Gasteiger partial charge is 0.395 e. The number of anilines is 2. The van der Waals surface area contributed by atoms with Crippen LogP contribution in [-0.4, -0.2) is 52.3 Å². The van der Waals surface area contributed by atoms with Gasteiger partial charge in [0.2, 0.25) is 5.95 Å². The fraction of sp³-hybridized carbons (Fsp3) is 0.733. The zero-order valence-electron chi connectivity index (χ0n) is 12.9. The van der Waals surface area contributed by atoms with Crippen LogP contribution in [0.3, 0.4) is 0 Å². The second kappa shape index (κ2) is 8.14. The third kappa shape index (κ3) is 4.54. The quantitative estimate of drug-likeness (QED) is 0.656. The highest BCUT2D eigenvalue weighted by atomic mass is 16.3. The van der Waals surface area contributed by atoms with Gasteiger partial charge in [-0.3, -0.25) is 4.90 Å². The van der Waals surface area contributed by atoms with Crippen molar-refractivity contribution in [2.75, 3.05) is 37.3 Å². The van der Waals surface area contributed by atoms with Gasteiger partial charge in [-0.15, -0.1) is 0 Å². The first-order chi connectivity index (χ1) is 10.2. The molecule has 6 heteroatoms. The summed E-state index contributed by atoms with van der Waals surface area (Å²) in [5, 5.41) is 12.8. The highest BCUT2D eigenvalue weighted by Gasteiger charge is 2.20. The molecule has 2 rings (SSSR count). The molecule has 1 saturated heterocycles. The third-order valence-corrected chi connectivity index (χ3v) is 4.14. The van der Waals surface area contributed by atoms with E-state index in [0.29, 0.717) is 12.0 Å². The van der Waals surface area contributed by atoms with Gasteiger partial charge in [-0.25, -0.2) is 4.98 Å². The Kier molecular flexibility index (Phi) is 6.20. The molecule has 0 aliphatic carbocycles. The summed E-state index contributed by atoms with van der Waals surface area (Å²) in [6, 6.07) is 0.347. The molecule has 21 heavy (non-hydrogen) atoms. The molecular weight excluding hydrogens is 266 g/mol. The minimum absolute atomic E-state index is 0.274. The van der Waals surface area contributed by atoms with Crippen LogP contribution in [-0.2, 0) is 6.42 Å². The van der Waals surface area contributed by atoms with E-state index in [1.807, 2.05) is 0 Å². The number of hydrogen-bond donors (Lipinski definition) is 3. The van der Waals surface area contributed by atoms with Crippen molar-refractivity contribution in [2.45, 2.75) is 45.1 Å². The SMILES string of the molecule is CCc1cnc(N)nc1NCCCN1CCCC[C@@H]1CO. The van der Waals surface area contributed by atoms with E-state index in [9.17, 15) is 5.11 Å². The highest BCUT2D eigenvalue weighted by Crippen LogP contribution is 2.17. The van der Waals surface area contributed by atoms with E-state index in [1.165, 1.54) is 12.8 Å². The summed E-state index contributed by atoms with van der Waals surface area (Å²) in [5.74, 6) is 1.16. The molecule has 0 aromatic carbocycles. The first-order valence-electron chi connectivity index (χ1n) is 7.94. The van der Waals surface area contributed by atoms with Crippen molar-refractivity contribution in [1.82, 2.24) is 14.9 Å². The summed E-state index contributed by atoms with van der Waals surface area (Å²) in [6.07, 6.45) is 7.31. The molecule has 1 aromatic heterocycles. The van der Waals surface area contributed by atoms with Crippen LogP contribution in [0.2, 0.25) is 0 Å². The minimum atomic E-state index is 0.274. The summed E-state index contributed by atoms with van der Waals surface area (Å²) in [5.41, 5.74) is 6.73. The Labute approximate surface area is 126 Å². The van der Waals surface area contributed by atoms with Crippen molar-refractivity contribution in [3.63, 3.8) is 0 Å². The van der Waals surface area contributed by atoms with Crippen molar-refractivity contribution >= 4 is 11.8 Å². The maximum atomic E-state index is 9.41. The summed E-state index contributed by atoms with van der Waals surface area (Å²) < 4.78 is 0. The lowest BCUT2D eigenvalue weighted by Crippen LogP contribution is -2.42. The number of piperidine rings is 1. The second-order valence-electron chi connectivity index (χ2n) is 5.60. The Bertz CT molecular complexity index is 440. The molecule has 118 valence electrons. The topological polar surface area (TPSA) is 87.3 Å². The van der Waals surface area contributed by atoms with Gasteiger partial charge in [-0.1, -0.05) is 13.3 Å². The number of likely N-dealkylation sites (tertiary alicyclic amines) is 1. The zero-order chi connectivity index (χ0) is 15.1. The zero-order valence-corrected chi connectivity index (χ0v) is 12.9. The van der Waals surface area contributed by atoms with Crippen molar-refractivity contribution in [2.24, 2.45) is 0 Å². The minimum Gasteiger partial charge on any atom is -0.395 e. The van der Waals surface area contributed by atoms with Crippen LogP contribution in [0.1, 0.15) is 38.2 Å². The molecule has 4 N–H and O–H groups in total. The number of aliphatic hydroxyl groups is 1. The molecule has 0 bridgehead atoms. The van der Waals surface area contributed by atoms with Crippen LogP contribution in [0.5, 0.6) is 0 Å². The van der Waals surface area contributed by atoms with Gasteiger partial charge < -0.3 is 16.2 Å². The molecule has 1 fully saturated rings. The van der Waals surface area contributed by atoms with E-state index >= 15 is 0 Å². The number of aryl methyl sites for hydroxylation is 1. The van der Waals surface area contributed by atoms with Gasteiger partial charge in [0, 0.05) is 30.9 Å². The van der Waals surface area contributed by atoms with E-state index in [0.717, 1.165) is 50.3 Å². The van der Waals surface area contributed by atoms with Crippen molar-refractivity contribution < 1.29 is 5.11 Å². The lowest BCUT2D eigenvalue weighted by molar-refractivity contribution is 0.0901. The summed E-state index contributed by atoms with van der Waals surface area (Å²) in [4.78, 5) is 10.7. The number of hydrogen-bond acceptors (Lipinski definition) is 6. The predicted molar refractivity (Wildman–Crippen MR) is 85.2 cm³/mol. The maximum absolute atomic E-state index is 9.41. The van der Waals surface area contributed by atoms with Crippen LogP contribution in [0, 0.1) is 0 Å². The fourth-order valence-electron chi connectivity index (χ4n) is 2.88. The molecular formula is C15H27N5O. The molecule has 1 aromatic rings. The smallest absolute Gasteiger partial charge is 0.221 e. The number of nitrogens with two attached hydrogens (primary N) is 1. The molecule has 0 saturated carbocycles. The van der Waals surface area contributed by atoms with Crippen molar-refractivity contribution in [3.05, 3.63) is 11.8 Å².